The highest BCUT2D eigenvalue weighted by Crippen LogP contribution is 2.29. The first kappa shape index (κ1) is 25.1. The van der Waals surface area contributed by atoms with E-state index in [2.05, 4.69) is 5.32 Å². The number of carbonyl (C=O) groups excluding carboxylic acids is 2. The van der Waals surface area contributed by atoms with Gasteiger partial charge >= 0.3 is 0 Å². The molecule has 1 saturated heterocycles. The number of hydrogen-bond acceptors (Lipinski definition) is 5. The molecule has 186 valence electrons. The van der Waals surface area contributed by atoms with Crippen molar-refractivity contribution in [1.29, 1.82) is 0 Å². The Labute approximate surface area is 214 Å². The van der Waals surface area contributed by atoms with Gasteiger partial charge in [-0.25, -0.2) is 4.39 Å². The van der Waals surface area contributed by atoms with Crippen molar-refractivity contribution >= 4 is 40.5 Å². The number of rotatable bonds is 9. The van der Waals surface area contributed by atoms with Crippen LogP contribution in [0.1, 0.15) is 12.0 Å². The molecular formula is C27H26FN3O4S. The Balaban J connectivity index is 1.55. The topological polar surface area (TPSA) is 71.1 Å². The van der Waals surface area contributed by atoms with Gasteiger partial charge in [0.25, 0.3) is 5.91 Å². The highest BCUT2D eigenvalue weighted by molar-refractivity contribution is 7.80. The van der Waals surface area contributed by atoms with Crippen molar-refractivity contribution < 1.29 is 23.5 Å². The highest BCUT2D eigenvalue weighted by Gasteiger charge is 2.44. The predicted molar refractivity (Wildman–Crippen MR) is 140 cm³/mol. The molecule has 0 bridgehead atoms. The van der Waals surface area contributed by atoms with Crippen molar-refractivity contribution in [2.75, 3.05) is 31.0 Å². The molecule has 0 saturated carbocycles. The van der Waals surface area contributed by atoms with Crippen LogP contribution in [-0.2, 0) is 16.0 Å². The fourth-order valence-electron chi connectivity index (χ4n) is 4.06. The molecule has 0 unspecified atom stereocenters. The van der Waals surface area contributed by atoms with Crippen LogP contribution in [0.5, 0.6) is 11.5 Å². The first-order chi connectivity index (χ1) is 17.4. The lowest BCUT2D eigenvalue weighted by atomic mass is 10.1. The SMILES string of the molecule is COc1ccc(NC(=O)C[C@@H]2C(=O)N(c3ccc(OC)cc3)C(=S)N2CCc2ccccc2F)cc1. The normalized spacial score (nSPS) is 15.2. The summed E-state index contributed by atoms with van der Waals surface area (Å²) in [4.78, 5) is 29.6. The third kappa shape index (κ3) is 5.46. The van der Waals surface area contributed by atoms with E-state index in [9.17, 15) is 14.0 Å². The van der Waals surface area contributed by atoms with E-state index in [0.29, 0.717) is 34.9 Å². The number of nitrogens with one attached hydrogen (secondary N) is 1. The molecule has 1 heterocycles. The molecule has 1 aliphatic rings. The number of ether oxygens (including phenoxy) is 2. The number of carbonyl (C=O) groups is 2. The van der Waals surface area contributed by atoms with E-state index in [-0.39, 0.29) is 35.7 Å². The standard InChI is InChI=1S/C27H26FN3O4S/c1-34-21-11-7-19(8-12-21)29-25(32)17-24-26(33)31(20-9-13-22(35-2)14-10-20)27(36)30(24)16-15-18-5-3-4-6-23(18)28/h3-14,24H,15-17H2,1-2H3,(H,29,32)/t24-/m1/s1. The van der Waals surface area contributed by atoms with Gasteiger partial charge in [0.2, 0.25) is 5.91 Å². The Hall–Kier alpha value is -3.98. The van der Waals surface area contributed by atoms with Gasteiger partial charge in [-0.15, -0.1) is 0 Å². The fourth-order valence-corrected chi connectivity index (χ4v) is 4.47. The van der Waals surface area contributed by atoms with Crippen molar-refractivity contribution in [1.82, 2.24) is 4.90 Å². The zero-order chi connectivity index (χ0) is 25.7. The van der Waals surface area contributed by atoms with E-state index in [1.54, 1.807) is 85.8 Å². The summed E-state index contributed by atoms with van der Waals surface area (Å²) in [5, 5.41) is 3.08. The Morgan fingerprint density at radius 3 is 2.19 bits per heavy atom. The number of amides is 2. The third-order valence-electron chi connectivity index (χ3n) is 5.98. The van der Waals surface area contributed by atoms with Crippen LogP contribution in [-0.4, -0.2) is 48.6 Å². The molecule has 1 aliphatic heterocycles. The van der Waals surface area contributed by atoms with Gasteiger partial charge < -0.3 is 19.7 Å². The Morgan fingerprint density at radius 1 is 0.972 bits per heavy atom. The van der Waals surface area contributed by atoms with Crippen LogP contribution in [0.15, 0.2) is 72.8 Å². The van der Waals surface area contributed by atoms with Crippen LogP contribution < -0.4 is 19.7 Å². The van der Waals surface area contributed by atoms with Gasteiger partial charge in [0.05, 0.1) is 26.3 Å². The first-order valence-electron chi connectivity index (χ1n) is 11.4. The van der Waals surface area contributed by atoms with Gasteiger partial charge in [-0.3, -0.25) is 14.5 Å². The number of halogens is 1. The second-order valence-corrected chi connectivity index (χ2v) is 8.55. The van der Waals surface area contributed by atoms with Gasteiger partial charge in [0.15, 0.2) is 5.11 Å². The first-order valence-corrected chi connectivity index (χ1v) is 11.8. The highest BCUT2D eigenvalue weighted by atomic mass is 32.1. The molecule has 1 N–H and O–H groups in total. The molecule has 0 aliphatic carbocycles. The van der Waals surface area contributed by atoms with E-state index in [1.165, 1.54) is 11.0 Å². The average Bonchev–Trinajstić information content (AvgIpc) is 3.12. The lowest BCUT2D eigenvalue weighted by Gasteiger charge is -2.24. The molecule has 4 rings (SSSR count). The van der Waals surface area contributed by atoms with Gasteiger partial charge in [0.1, 0.15) is 23.4 Å². The third-order valence-corrected chi connectivity index (χ3v) is 6.40. The van der Waals surface area contributed by atoms with E-state index in [4.69, 9.17) is 21.7 Å². The maximum Gasteiger partial charge on any atom is 0.256 e. The summed E-state index contributed by atoms with van der Waals surface area (Å²) < 4.78 is 24.6. The number of nitrogens with zero attached hydrogens (tertiary/aromatic N) is 2. The zero-order valence-corrected chi connectivity index (χ0v) is 20.8. The minimum absolute atomic E-state index is 0.116. The largest absolute Gasteiger partial charge is 0.497 e. The van der Waals surface area contributed by atoms with E-state index in [1.807, 2.05) is 0 Å². The molecule has 0 radical (unpaired) electrons. The maximum absolute atomic E-state index is 14.2. The minimum atomic E-state index is -0.829. The number of benzene rings is 3. The molecule has 3 aromatic carbocycles. The van der Waals surface area contributed by atoms with Gasteiger partial charge in [-0.2, -0.15) is 0 Å². The molecule has 0 aromatic heterocycles. The van der Waals surface area contributed by atoms with E-state index < -0.39 is 6.04 Å². The zero-order valence-electron chi connectivity index (χ0n) is 19.9. The molecular weight excluding hydrogens is 481 g/mol. The van der Waals surface area contributed by atoms with E-state index >= 15 is 0 Å². The van der Waals surface area contributed by atoms with Crippen molar-refractivity contribution in [3.8, 4) is 11.5 Å². The van der Waals surface area contributed by atoms with Crippen LogP contribution in [0.4, 0.5) is 15.8 Å². The molecule has 1 fully saturated rings. The summed E-state index contributed by atoms with van der Waals surface area (Å²) in [5.74, 6) is 0.328. The molecule has 7 nitrogen and oxygen atoms in total. The summed E-state index contributed by atoms with van der Waals surface area (Å²) in [7, 11) is 3.12. The summed E-state index contributed by atoms with van der Waals surface area (Å²) in [6, 6.07) is 19.5. The van der Waals surface area contributed by atoms with E-state index in [0.717, 1.165) is 0 Å². The van der Waals surface area contributed by atoms with Crippen LogP contribution in [0, 0.1) is 5.82 Å². The lowest BCUT2D eigenvalue weighted by molar-refractivity contribution is -0.124. The number of hydrogen-bond donors (Lipinski definition) is 1. The lowest BCUT2D eigenvalue weighted by Crippen LogP contribution is -2.39. The van der Waals surface area contributed by atoms with Gasteiger partial charge in [-0.05, 0) is 78.8 Å². The summed E-state index contributed by atoms with van der Waals surface area (Å²) in [5.41, 5.74) is 1.66. The molecule has 3 aromatic rings. The molecule has 36 heavy (non-hydrogen) atoms. The maximum atomic E-state index is 14.2. The molecule has 9 heteroatoms. The summed E-state index contributed by atoms with van der Waals surface area (Å²) in [6.45, 7) is 0.276. The van der Waals surface area contributed by atoms with Crippen molar-refractivity contribution in [2.45, 2.75) is 18.9 Å². The second-order valence-electron chi connectivity index (χ2n) is 8.19. The van der Waals surface area contributed by atoms with Crippen LogP contribution in [0.2, 0.25) is 0 Å². The number of thiocarbonyl (C=S) groups is 1. The average molecular weight is 508 g/mol. The van der Waals surface area contributed by atoms with Crippen LogP contribution in [0.3, 0.4) is 0 Å². The summed E-state index contributed by atoms with van der Waals surface area (Å²) >= 11 is 5.68. The monoisotopic (exact) mass is 507 g/mol. The smallest absolute Gasteiger partial charge is 0.256 e. The second kappa shape index (κ2) is 11.2. The summed E-state index contributed by atoms with van der Waals surface area (Å²) in [6.07, 6.45) is 0.210. The van der Waals surface area contributed by atoms with Gasteiger partial charge in [0, 0.05) is 12.2 Å². The Kier molecular flexibility index (Phi) is 7.80. The molecule has 0 spiro atoms. The quantitative estimate of drug-likeness (QED) is 0.433. The molecule has 2 amide bonds. The number of methoxy groups -OCH3 is 2. The van der Waals surface area contributed by atoms with Crippen molar-refractivity contribution in [3.05, 3.63) is 84.2 Å². The van der Waals surface area contributed by atoms with Crippen LogP contribution >= 0.6 is 12.2 Å². The predicted octanol–water partition coefficient (Wildman–Crippen LogP) is 4.42. The van der Waals surface area contributed by atoms with Crippen LogP contribution in [0.25, 0.3) is 0 Å². The fraction of sp³-hybridized carbons (Fsp3) is 0.222. The Bertz CT molecular complexity index is 1250. The Morgan fingerprint density at radius 2 is 1.58 bits per heavy atom. The minimum Gasteiger partial charge on any atom is -0.497 e. The number of anilines is 2. The molecule has 1 atom stereocenters. The van der Waals surface area contributed by atoms with Gasteiger partial charge in [-0.1, -0.05) is 18.2 Å². The van der Waals surface area contributed by atoms with Crippen molar-refractivity contribution in [3.63, 3.8) is 0 Å². The van der Waals surface area contributed by atoms with Crippen molar-refractivity contribution in [2.24, 2.45) is 0 Å².